The number of hydrogen-bond donors (Lipinski definition) is 1. The number of nitrogens with zero attached hydrogens (tertiary/aromatic N) is 2. The van der Waals surface area contributed by atoms with Gasteiger partial charge in [-0.25, -0.2) is 9.97 Å². The van der Waals surface area contributed by atoms with Gasteiger partial charge in [0.2, 0.25) is 0 Å². The van der Waals surface area contributed by atoms with Crippen molar-refractivity contribution in [2.24, 2.45) is 5.92 Å². The Balaban J connectivity index is 1.94. The quantitative estimate of drug-likeness (QED) is 0.440. The van der Waals surface area contributed by atoms with E-state index in [4.69, 9.17) is 4.74 Å². The van der Waals surface area contributed by atoms with E-state index in [2.05, 4.69) is 22.2 Å². The number of hydrogen-bond acceptors (Lipinski definition) is 7. The van der Waals surface area contributed by atoms with Crippen molar-refractivity contribution in [3.8, 4) is 0 Å². The first-order valence-electron chi connectivity index (χ1n) is 8.51. The summed E-state index contributed by atoms with van der Waals surface area (Å²) in [5.74, 6) is 0.389. The molecule has 2 aromatic rings. The van der Waals surface area contributed by atoms with Crippen LogP contribution in [0.5, 0.6) is 0 Å². The molecule has 26 heavy (non-hydrogen) atoms. The molecule has 8 heteroatoms. The molecule has 0 aliphatic rings. The standard InChI is InChI=1S/C18H25N3O3S2/c1-9(2)11(4)19-14(22)7-24-15(23)8-25-17-16-10(3)12(5)26-18(16)21-13(6)20-17/h9,11H,7-8H2,1-6H3,(H,19,22)/t11-/m0/s1. The zero-order valence-corrected chi connectivity index (χ0v) is 17.6. The molecular weight excluding hydrogens is 370 g/mol. The average molecular weight is 396 g/mol. The highest BCUT2D eigenvalue weighted by atomic mass is 32.2. The Hall–Kier alpha value is -1.67. The van der Waals surface area contributed by atoms with Gasteiger partial charge in [-0.15, -0.1) is 11.3 Å². The molecule has 0 bridgehead atoms. The first-order valence-corrected chi connectivity index (χ1v) is 10.3. The monoisotopic (exact) mass is 395 g/mol. The first-order chi connectivity index (χ1) is 12.2. The molecule has 6 nitrogen and oxygen atoms in total. The number of rotatable bonds is 7. The smallest absolute Gasteiger partial charge is 0.316 e. The van der Waals surface area contributed by atoms with Gasteiger partial charge < -0.3 is 10.1 Å². The van der Waals surface area contributed by atoms with Crippen LogP contribution in [0.1, 0.15) is 37.0 Å². The van der Waals surface area contributed by atoms with Gasteiger partial charge >= 0.3 is 5.97 Å². The third-order valence-corrected chi connectivity index (χ3v) is 6.24. The highest BCUT2D eigenvalue weighted by Gasteiger charge is 2.17. The lowest BCUT2D eigenvalue weighted by Crippen LogP contribution is -2.38. The van der Waals surface area contributed by atoms with Crippen molar-refractivity contribution >= 4 is 45.2 Å². The molecule has 0 aromatic carbocycles. The lowest BCUT2D eigenvalue weighted by molar-refractivity contribution is -0.146. The summed E-state index contributed by atoms with van der Waals surface area (Å²) < 4.78 is 5.07. The molecular formula is C18H25N3O3S2. The summed E-state index contributed by atoms with van der Waals surface area (Å²) in [6.07, 6.45) is 0. The Morgan fingerprint density at radius 1 is 1.19 bits per heavy atom. The first kappa shape index (κ1) is 20.6. The number of aryl methyl sites for hydroxylation is 3. The summed E-state index contributed by atoms with van der Waals surface area (Å²) in [6.45, 7) is 11.6. The van der Waals surface area contributed by atoms with Crippen molar-refractivity contribution in [2.75, 3.05) is 12.4 Å². The van der Waals surface area contributed by atoms with E-state index in [9.17, 15) is 9.59 Å². The number of carbonyl (C=O) groups excluding carboxylic acids is 2. The molecule has 142 valence electrons. The predicted octanol–water partition coefficient (Wildman–Crippen LogP) is 3.41. The number of thiophene rings is 1. The van der Waals surface area contributed by atoms with Gasteiger partial charge in [-0.1, -0.05) is 25.6 Å². The fourth-order valence-corrected chi connectivity index (χ4v) is 4.26. The topological polar surface area (TPSA) is 81.2 Å². The van der Waals surface area contributed by atoms with Crippen molar-refractivity contribution in [2.45, 2.75) is 52.6 Å². The SMILES string of the molecule is Cc1nc(SCC(=O)OCC(=O)N[C@@H](C)C(C)C)c2c(C)c(C)sc2n1. The second-order valence-corrected chi connectivity index (χ2v) is 8.76. The van der Waals surface area contributed by atoms with Crippen LogP contribution >= 0.6 is 23.1 Å². The lowest BCUT2D eigenvalue weighted by atomic mass is 10.1. The molecule has 1 N–H and O–H groups in total. The Labute approximate surface area is 162 Å². The minimum absolute atomic E-state index is 0.0395. The van der Waals surface area contributed by atoms with Gasteiger partial charge in [0.25, 0.3) is 5.91 Å². The van der Waals surface area contributed by atoms with E-state index in [0.29, 0.717) is 11.7 Å². The number of ether oxygens (including phenoxy) is 1. The largest absolute Gasteiger partial charge is 0.455 e. The molecule has 2 aromatic heterocycles. The Kier molecular flexibility index (Phi) is 7.00. The molecule has 0 saturated carbocycles. The minimum Gasteiger partial charge on any atom is -0.455 e. The number of carbonyl (C=O) groups is 2. The number of fused-ring (bicyclic) bond motifs is 1. The Bertz CT molecular complexity index is 818. The number of amides is 1. The van der Waals surface area contributed by atoms with Crippen LogP contribution in [0.15, 0.2) is 5.03 Å². The van der Waals surface area contributed by atoms with Crippen LogP contribution in [0.3, 0.4) is 0 Å². The van der Waals surface area contributed by atoms with Gasteiger partial charge in [0.1, 0.15) is 15.7 Å². The minimum atomic E-state index is -0.434. The summed E-state index contributed by atoms with van der Waals surface area (Å²) in [5, 5.41) is 4.59. The molecule has 0 unspecified atom stereocenters. The molecule has 0 radical (unpaired) electrons. The molecule has 0 aliphatic carbocycles. The van der Waals surface area contributed by atoms with Gasteiger partial charge in [-0.05, 0) is 39.2 Å². The van der Waals surface area contributed by atoms with E-state index in [0.717, 1.165) is 20.8 Å². The Morgan fingerprint density at radius 2 is 1.88 bits per heavy atom. The van der Waals surface area contributed by atoms with E-state index in [1.165, 1.54) is 16.6 Å². The molecule has 1 atom stereocenters. The summed E-state index contributed by atoms with van der Waals surface area (Å²) in [5.41, 5.74) is 1.14. The highest BCUT2D eigenvalue weighted by Crippen LogP contribution is 2.35. The number of esters is 1. The molecule has 2 heterocycles. The molecule has 1 amide bonds. The van der Waals surface area contributed by atoms with Crippen LogP contribution in [-0.4, -0.2) is 40.2 Å². The second kappa shape index (κ2) is 8.81. The zero-order chi connectivity index (χ0) is 19.4. The molecule has 2 rings (SSSR count). The van der Waals surface area contributed by atoms with Gasteiger partial charge in [0, 0.05) is 16.3 Å². The van der Waals surface area contributed by atoms with Crippen molar-refractivity contribution in [3.63, 3.8) is 0 Å². The molecule has 0 fully saturated rings. The van der Waals surface area contributed by atoms with Crippen LogP contribution in [0.4, 0.5) is 0 Å². The lowest BCUT2D eigenvalue weighted by Gasteiger charge is -2.17. The number of nitrogens with one attached hydrogen (secondary N) is 1. The number of aromatic nitrogens is 2. The summed E-state index contributed by atoms with van der Waals surface area (Å²) >= 11 is 2.95. The molecule has 0 aliphatic heterocycles. The summed E-state index contributed by atoms with van der Waals surface area (Å²) in [4.78, 5) is 34.9. The van der Waals surface area contributed by atoms with Crippen molar-refractivity contribution in [3.05, 3.63) is 16.3 Å². The third kappa shape index (κ3) is 5.17. The van der Waals surface area contributed by atoms with E-state index in [1.54, 1.807) is 11.3 Å². The average Bonchev–Trinajstić information content (AvgIpc) is 2.84. The Morgan fingerprint density at radius 3 is 2.54 bits per heavy atom. The van der Waals surface area contributed by atoms with Gasteiger partial charge in [0.15, 0.2) is 6.61 Å². The predicted molar refractivity (Wildman–Crippen MR) is 106 cm³/mol. The summed E-state index contributed by atoms with van der Waals surface area (Å²) in [6, 6.07) is 0.0395. The van der Waals surface area contributed by atoms with Crippen LogP contribution < -0.4 is 5.32 Å². The third-order valence-electron chi connectivity index (χ3n) is 4.19. The van der Waals surface area contributed by atoms with Gasteiger partial charge in [-0.2, -0.15) is 0 Å². The highest BCUT2D eigenvalue weighted by molar-refractivity contribution is 8.00. The van der Waals surface area contributed by atoms with E-state index in [-0.39, 0.29) is 24.3 Å². The van der Waals surface area contributed by atoms with Crippen LogP contribution in [0.2, 0.25) is 0 Å². The second-order valence-electron chi connectivity index (χ2n) is 6.59. The zero-order valence-electron chi connectivity index (χ0n) is 16.0. The van der Waals surface area contributed by atoms with Gasteiger partial charge in [-0.3, -0.25) is 9.59 Å². The van der Waals surface area contributed by atoms with Gasteiger partial charge in [0.05, 0.1) is 5.75 Å². The molecule has 0 saturated heterocycles. The van der Waals surface area contributed by atoms with E-state index in [1.807, 2.05) is 34.6 Å². The van der Waals surface area contributed by atoms with Crippen molar-refractivity contribution < 1.29 is 14.3 Å². The fraction of sp³-hybridized carbons (Fsp3) is 0.556. The van der Waals surface area contributed by atoms with Crippen molar-refractivity contribution in [1.29, 1.82) is 0 Å². The van der Waals surface area contributed by atoms with Crippen molar-refractivity contribution in [1.82, 2.24) is 15.3 Å². The van der Waals surface area contributed by atoms with E-state index >= 15 is 0 Å². The van der Waals surface area contributed by atoms with Crippen LogP contribution in [0.25, 0.3) is 10.2 Å². The summed E-state index contributed by atoms with van der Waals surface area (Å²) in [7, 11) is 0. The fourth-order valence-electron chi connectivity index (χ4n) is 2.20. The van der Waals surface area contributed by atoms with Crippen LogP contribution in [0, 0.1) is 26.7 Å². The normalized spacial score (nSPS) is 12.4. The maximum absolute atomic E-state index is 12.0. The van der Waals surface area contributed by atoms with Crippen LogP contribution in [-0.2, 0) is 14.3 Å². The maximum Gasteiger partial charge on any atom is 0.316 e. The maximum atomic E-state index is 12.0. The van der Waals surface area contributed by atoms with E-state index < -0.39 is 5.97 Å². The molecule has 0 spiro atoms. The number of thioether (sulfide) groups is 1.